The Balaban J connectivity index is 1.44. The lowest BCUT2D eigenvalue weighted by Gasteiger charge is -2.17. The van der Waals surface area contributed by atoms with Crippen molar-refractivity contribution in [2.75, 3.05) is 6.54 Å². The summed E-state index contributed by atoms with van der Waals surface area (Å²) >= 11 is 0. The topological polar surface area (TPSA) is 91.0 Å². The van der Waals surface area contributed by atoms with Crippen LogP contribution < -0.4 is 5.32 Å². The summed E-state index contributed by atoms with van der Waals surface area (Å²) < 4.78 is 13.4. The van der Waals surface area contributed by atoms with Gasteiger partial charge in [0, 0.05) is 25.1 Å². The van der Waals surface area contributed by atoms with Crippen LogP contribution >= 0.6 is 0 Å². The number of nitrogens with one attached hydrogen (secondary N) is 2. The summed E-state index contributed by atoms with van der Waals surface area (Å²) in [5.41, 5.74) is 1.81. The smallest absolute Gasteiger partial charge is 0.252 e. The molecule has 0 unspecified atom stereocenters. The molecule has 4 rings (SSSR count). The summed E-state index contributed by atoms with van der Waals surface area (Å²) in [6.07, 6.45) is 1.59. The Kier molecular flexibility index (Phi) is 4.84. The van der Waals surface area contributed by atoms with Crippen molar-refractivity contribution in [2.24, 2.45) is 0 Å². The Labute approximate surface area is 160 Å². The van der Waals surface area contributed by atoms with Gasteiger partial charge in [0.05, 0.1) is 11.6 Å². The molecule has 0 spiro atoms. The first-order valence-corrected chi connectivity index (χ1v) is 8.88. The maximum atomic E-state index is 13.4. The number of amides is 2. The first kappa shape index (κ1) is 17.8. The van der Waals surface area contributed by atoms with E-state index in [1.165, 1.54) is 18.5 Å². The van der Waals surface area contributed by atoms with Gasteiger partial charge in [-0.05, 0) is 23.8 Å². The third kappa shape index (κ3) is 3.75. The normalized spacial score (nSPS) is 16.4. The fourth-order valence-electron chi connectivity index (χ4n) is 3.36. The standard InChI is InChI=1S/C20H18FN5O2/c21-14-5-3-4-13(8-14)10-26-11-15(9-18(26)27)24-20(28)17-7-2-1-6-16(17)19-22-12-23-25-19/h1-8,12,15H,9-11H2,(H,24,28)(H,22,23,25)/t15-/m1/s1. The summed E-state index contributed by atoms with van der Waals surface area (Å²) in [4.78, 5) is 30.8. The zero-order valence-electron chi connectivity index (χ0n) is 14.9. The molecule has 3 aromatic rings. The minimum atomic E-state index is -0.335. The number of H-pyrrole nitrogens is 1. The number of aromatic amines is 1. The van der Waals surface area contributed by atoms with Crippen LogP contribution in [0.5, 0.6) is 0 Å². The second-order valence-corrected chi connectivity index (χ2v) is 6.66. The van der Waals surface area contributed by atoms with Crippen LogP contribution in [0.2, 0.25) is 0 Å². The molecule has 1 aromatic heterocycles. The summed E-state index contributed by atoms with van der Waals surface area (Å²) in [7, 11) is 0. The van der Waals surface area contributed by atoms with Crippen LogP contribution in [-0.4, -0.2) is 44.5 Å². The number of likely N-dealkylation sites (tertiary alicyclic amines) is 1. The van der Waals surface area contributed by atoms with E-state index in [9.17, 15) is 14.0 Å². The van der Waals surface area contributed by atoms with E-state index < -0.39 is 0 Å². The van der Waals surface area contributed by atoms with E-state index in [1.54, 1.807) is 35.2 Å². The van der Waals surface area contributed by atoms with E-state index >= 15 is 0 Å². The van der Waals surface area contributed by atoms with Crippen LogP contribution in [0.3, 0.4) is 0 Å². The van der Waals surface area contributed by atoms with Gasteiger partial charge in [0.15, 0.2) is 5.82 Å². The van der Waals surface area contributed by atoms with Crippen molar-refractivity contribution in [3.8, 4) is 11.4 Å². The highest BCUT2D eigenvalue weighted by molar-refractivity contribution is 6.00. The maximum absolute atomic E-state index is 13.4. The van der Waals surface area contributed by atoms with Crippen LogP contribution in [0.25, 0.3) is 11.4 Å². The molecule has 2 N–H and O–H groups in total. The maximum Gasteiger partial charge on any atom is 0.252 e. The van der Waals surface area contributed by atoms with Gasteiger partial charge in [-0.2, -0.15) is 5.10 Å². The third-order valence-corrected chi connectivity index (χ3v) is 4.65. The molecule has 7 nitrogen and oxygen atoms in total. The van der Waals surface area contributed by atoms with Crippen LogP contribution in [-0.2, 0) is 11.3 Å². The van der Waals surface area contributed by atoms with Gasteiger partial charge in [0.25, 0.3) is 5.91 Å². The van der Waals surface area contributed by atoms with Crippen molar-refractivity contribution in [3.05, 3.63) is 71.8 Å². The molecule has 0 saturated carbocycles. The largest absolute Gasteiger partial charge is 0.347 e. The first-order valence-electron chi connectivity index (χ1n) is 8.88. The van der Waals surface area contributed by atoms with Crippen LogP contribution in [0, 0.1) is 5.82 Å². The van der Waals surface area contributed by atoms with Gasteiger partial charge in [0.1, 0.15) is 12.1 Å². The number of halogens is 1. The van der Waals surface area contributed by atoms with Gasteiger partial charge < -0.3 is 10.2 Å². The highest BCUT2D eigenvalue weighted by Gasteiger charge is 2.31. The summed E-state index contributed by atoms with van der Waals surface area (Å²) in [6, 6.07) is 12.9. The molecule has 2 aromatic carbocycles. The number of hydrogen-bond donors (Lipinski definition) is 2. The van der Waals surface area contributed by atoms with E-state index in [0.717, 1.165) is 5.56 Å². The molecular formula is C20H18FN5O2. The molecule has 0 aliphatic carbocycles. The van der Waals surface area contributed by atoms with Crippen molar-refractivity contribution >= 4 is 11.8 Å². The Hall–Kier alpha value is -3.55. The molecule has 0 bridgehead atoms. The lowest BCUT2D eigenvalue weighted by atomic mass is 10.1. The number of benzene rings is 2. The Morgan fingerprint density at radius 2 is 2.11 bits per heavy atom. The molecule has 1 fully saturated rings. The lowest BCUT2D eigenvalue weighted by molar-refractivity contribution is -0.128. The van der Waals surface area contributed by atoms with E-state index in [4.69, 9.17) is 0 Å². The monoisotopic (exact) mass is 379 g/mol. The van der Waals surface area contributed by atoms with Crippen LogP contribution in [0.15, 0.2) is 54.9 Å². The average molecular weight is 379 g/mol. The molecule has 2 amide bonds. The van der Waals surface area contributed by atoms with E-state index in [1.807, 2.05) is 6.07 Å². The first-order chi connectivity index (χ1) is 13.6. The van der Waals surface area contributed by atoms with Crippen molar-refractivity contribution in [2.45, 2.75) is 19.0 Å². The number of hydrogen-bond acceptors (Lipinski definition) is 4. The SMILES string of the molecule is O=C(N[C@@H]1CC(=O)N(Cc2cccc(F)c2)C1)c1ccccc1-c1ncn[nH]1. The Bertz CT molecular complexity index is 1010. The Morgan fingerprint density at radius 3 is 2.89 bits per heavy atom. The highest BCUT2D eigenvalue weighted by atomic mass is 19.1. The Morgan fingerprint density at radius 1 is 1.25 bits per heavy atom. The molecule has 142 valence electrons. The molecule has 1 atom stereocenters. The molecule has 1 saturated heterocycles. The third-order valence-electron chi connectivity index (χ3n) is 4.65. The van der Waals surface area contributed by atoms with Crippen LogP contribution in [0.1, 0.15) is 22.3 Å². The lowest BCUT2D eigenvalue weighted by Crippen LogP contribution is -2.37. The van der Waals surface area contributed by atoms with Gasteiger partial charge >= 0.3 is 0 Å². The molecule has 1 aliphatic rings. The predicted molar refractivity (Wildman–Crippen MR) is 99.5 cm³/mol. The quantitative estimate of drug-likeness (QED) is 0.711. The fraction of sp³-hybridized carbons (Fsp3) is 0.200. The van der Waals surface area contributed by atoms with Crippen LogP contribution in [0.4, 0.5) is 4.39 Å². The van der Waals surface area contributed by atoms with E-state index in [2.05, 4.69) is 20.5 Å². The summed E-state index contributed by atoms with van der Waals surface area (Å²) in [5, 5.41) is 9.49. The zero-order chi connectivity index (χ0) is 19.5. The van der Waals surface area contributed by atoms with Gasteiger partial charge in [-0.25, -0.2) is 9.37 Å². The summed E-state index contributed by atoms with van der Waals surface area (Å²) in [5.74, 6) is -0.186. The van der Waals surface area contributed by atoms with Crippen molar-refractivity contribution in [1.82, 2.24) is 25.4 Å². The van der Waals surface area contributed by atoms with Crippen molar-refractivity contribution in [1.29, 1.82) is 0 Å². The van der Waals surface area contributed by atoms with E-state index in [0.29, 0.717) is 30.0 Å². The van der Waals surface area contributed by atoms with Gasteiger partial charge in [-0.1, -0.05) is 30.3 Å². The average Bonchev–Trinajstić information content (AvgIpc) is 3.32. The second-order valence-electron chi connectivity index (χ2n) is 6.66. The summed E-state index contributed by atoms with van der Waals surface area (Å²) in [6.45, 7) is 0.698. The number of carbonyl (C=O) groups is 2. The number of nitrogens with zero attached hydrogens (tertiary/aromatic N) is 3. The van der Waals surface area contributed by atoms with E-state index in [-0.39, 0.29) is 30.1 Å². The van der Waals surface area contributed by atoms with Gasteiger partial charge in [-0.3, -0.25) is 14.7 Å². The predicted octanol–water partition coefficient (Wildman–Crippen LogP) is 2.14. The molecule has 2 heterocycles. The van der Waals surface area contributed by atoms with Crippen molar-refractivity contribution < 1.29 is 14.0 Å². The minimum absolute atomic E-state index is 0.0712. The number of rotatable bonds is 5. The number of aromatic nitrogens is 3. The molecule has 0 radical (unpaired) electrons. The van der Waals surface area contributed by atoms with Gasteiger partial charge in [-0.15, -0.1) is 0 Å². The van der Waals surface area contributed by atoms with Gasteiger partial charge in [0.2, 0.25) is 5.91 Å². The fourth-order valence-corrected chi connectivity index (χ4v) is 3.36. The van der Waals surface area contributed by atoms with Crippen molar-refractivity contribution in [3.63, 3.8) is 0 Å². The minimum Gasteiger partial charge on any atom is -0.347 e. The number of carbonyl (C=O) groups excluding carboxylic acids is 2. The second kappa shape index (κ2) is 7.59. The zero-order valence-corrected chi connectivity index (χ0v) is 14.9. The molecule has 8 heteroatoms. The molecule has 28 heavy (non-hydrogen) atoms. The molecular weight excluding hydrogens is 361 g/mol. The highest BCUT2D eigenvalue weighted by Crippen LogP contribution is 2.21. The molecule has 1 aliphatic heterocycles.